The van der Waals surface area contributed by atoms with Gasteiger partial charge in [0, 0.05) is 0 Å². The molecule has 1 aliphatic heterocycles. The lowest BCUT2D eigenvalue weighted by Crippen LogP contribution is -2.39. The molecule has 4 atom stereocenters. The number of hydrogen-bond acceptors (Lipinski definition) is 4. The monoisotopic (exact) mass is 470 g/mol. The molecule has 2 rings (SSSR count). The highest BCUT2D eigenvalue weighted by Crippen LogP contribution is 2.34. The molecule has 0 spiro atoms. The molecule has 1 heterocycles. The van der Waals surface area contributed by atoms with E-state index in [0.29, 0.717) is 12.8 Å². The maximum Gasteiger partial charge on any atom is 0.451 e. The van der Waals surface area contributed by atoms with Crippen molar-refractivity contribution in [1.29, 1.82) is 0 Å². The minimum atomic E-state index is -4.88. The maximum atomic E-state index is 12.5. The molecule has 1 aromatic rings. The Balaban J connectivity index is 1.86. The van der Waals surface area contributed by atoms with E-state index in [9.17, 15) is 22.8 Å². The normalized spacial score (nSPS) is 23.1. The number of carbonyl (C=O) groups is 2. The van der Waals surface area contributed by atoms with Crippen LogP contribution in [0.2, 0.25) is 0 Å². The molecule has 0 bridgehead atoms. The number of esters is 1. The second-order valence-corrected chi connectivity index (χ2v) is 7.28. The molecule has 0 aliphatic carbocycles. The number of Topliss-reactive ketones (excluding diaryl/α,β-unsaturated/α-hetero) is 1. The number of benzene rings is 1. The summed E-state index contributed by atoms with van der Waals surface area (Å²) in [6.07, 6.45) is -5.56. The standard InChI is InChI=1S/C17H18F3IO4/c1-10(16(23)24-9-11-5-3-2-4-6-11)12-7-8-13(25-12)14(21)15(22)17(18,19)20/h2-6,10,12-14H,7-9H2,1H3/t10-,12-,13+,14-/m0/s1. The van der Waals surface area contributed by atoms with Crippen molar-refractivity contribution < 1.29 is 32.2 Å². The van der Waals surface area contributed by atoms with Crippen molar-refractivity contribution in [3.8, 4) is 0 Å². The zero-order valence-electron chi connectivity index (χ0n) is 13.5. The van der Waals surface area contributed by atoms with Gasteiger partial charge >= 0.3 is 12.1 Å². The Bertz CT molecular complexity index is 606. The van der Waals surface area contributed by atoms with Gasteiger partial charge in [-0.3, -0.25) is 9.59 Å². The maximum absolute atomic E-state index is 12.5. The van der Waals surface area contributed by atoms with Gasteiger partial charge in [0.1, 0.15) is 10.5 Å². The van der Waals surface area contributed by atoms with Crippen molar-refractivity contribution in [3.63, 3.8) is 0 Å². The Labute approximate surface area is 157 Å². The first kappa shape index (κ1) is 20.2. The molecule has 0 radical (unpaired) electrons. The summed E-state index contributed by atoms with van der Waals surface area (Å²) in [5.74, 6) is -2.89. The van der Waals surface area contributed by atoms with Crippen molar-refractivity contribution in [2.75, 3.05) is 0 Å². The van der Waals surface area contributed by atoms with Crippen molar-refractivity contribution in [2.45, 2.75) is 48.7 Å². The molecular weight excluding hydrogens is 452 g/mol. The van der Waals surface area contributed by atoms with Crippen molar-refractivity contribution in [1.82, 2.24) is 0 Å². The van der Waals surface area contributed by atoms with Crippen molar-refractivity contribution in [3.05, 3.63) is 35.9 Å². The van der Waals surface area contributed by atoms with Gasteiger partial charge in [-0.1, -0.05) is 52.9 Å². The smallest absolute Gasteiger partial charge is 0.451 e. The first-order valence-electron chi connectivity index (χ1n) is 7.81. The third kappa shape index (κ3) is 5.40. The van der Waals surface area contributed by atoms with E-state index in [-0.39, 0.29) is 6.61 Å². The highest BCUT2D eigenvalue weighted by atomic mass is 127. The number of rotatable bonds is 6. The lowest BCUT2D eigenvalue weighted by Gasteiger charge is -2.21. The van der Waals surface area contributed by atoms with Gasteiger partial charge in [-0.25, -0.2) is 0 Å². The summed E-state index contributed by atoms with van der Waals surface area (Å²) in [5.41, 5.74) is 0.844. The van der Waals surface area contributed by atoms with E-state index in [1.54, 1.807) is 6.92 Å². The van der Waals surface area contributed by atoms with Crippen LogP contribution in [0.5, 0.6) is 0 Å². The first-order valence-corrected chi connectivity index (χ1v) is 9.06. The lowest BCUT2D eigenvalue weighted by molar-refractivity contribution is -0.172. The first-order chi connectivity index (χ1) is 11.7. The van der Waals surface area contributed by atoms with Gasteiger partial charge in [0.2, 0.25) is 0 Å². The fourth-order valence-corrected chi connectivity index (χ4v) is 3.49. The summed E-state index contributed by atoms with van der Waals surface area (Å²) in [5, 5.41) is 0. The highest BCUT2D eigenvalue weighted by Gasteiger charge is 2.48. The summed E-state index contributed by atoms with van der Waals surface area (Å²) in [6, 6.07) is 9.15. The van der Waals surface area contributed by atoms with Gasteiger partial charge < -0.3 is 9.47 Å². The van der Waals surface area contributed by atoms with Gasteiger partial charge in [0.25, 0.3) is 5.78 Å². The Kier molecular flexibility index (Phi) is 6.84. The van der Waals surface area contributed by atoms with E-state index < -0.39 is 40.0 Å². The largest absolute Gasteiger partial charge is 0.461 e. The van der Waals surface area contributed by atoms with E-state index in [4.69, 9.17) is 9.47 Å². The Morgan fingerprint density at radius 3 is 2.44 bits per heavy atom. The molecule has 1 saturated heterocycles. The molecule has 1 aliphatic rings. The highest BCUT2D eigenvalue weighted by molar-refractivity contribution is 14.1. The Morgan fingerprint density at radius 1 is 1.24 bits per heavy atom. The molecule has 0 N–H and O–H groups in total. The molecule has 0 aromatic heterocycles. The molecule has 8 heteroatoms. The van der Waals surface area contributed by atoms with Crippen LogP contribution in [-0.2, 0) is 25.7 Å². The van der Waals surface area contributed by atoms with E-state index in [0.717, 1.165) is 5.56 Å². The molecule has 0 saturated carbocycles. The van der Waals surface area contributed by atoms with Crippen LogP contribution < -0.4 is 0 Å². The summed E-state index contributed by atoms with van der Waals surface area (Å²) in [6.45, 7) is 1.75. The van der Waals surface area contributed by atoms with Gasteiger partial charge in [-0.15, -0.1) is 0 Å². The predicted octanol–water partition coefficient (Wildman–Crippen LogP) is 3.85. The van der Waals surface area contributed by atoms with E-state index in [1.807, 2.05) is 30.3 Å². The molecule has 1 fully saturated rings. The molecule has 0 unspecified atom stereocenters. The second kappa shape index (κ2) is 8.48. The SMILES string of the molecule is C[C@H](C(=O)OCc1ccccc1)[C@@H]1CC[C@H]([C@H](I)C(=O)C(F)(F)F)O1. The van der Waals surface area contributed by atoms with Crippen LogP contribution in [-0.4, -0.2) is 34.1 Å². The van der Waals surface area contributed by atoms with E-state index in [2.05, 4.69) is 0 Å². The van der Waals surface area contributed by atoms with Crippen molar-refractivity contribution >= 4 is 34.3 Å². The lowest BCUT2D eigenvalue weighted by atomic mass is 10.0. The number of ether oxygens (including phenoxy) is 2. The summed E-state index contributed by atoms with van der Waals surface area (Å²) >= 11 is 1.46. The summed E-state index contributed by atoms with van der Waals surface area (Å²) < 4.78 is 47.0. The van der Waals surface area contributed by atoms with Gasteiger partial charge in [0.05, 0.1) is 18.1 Å². The minimum Gasteiger partial charge on any atom is -0.461 e. The quantitative estimate of drug-likeness (QED) is 0.360. The zero-order valence-corrected chi connectivity index (χ0v) is 15.6. The van der Waals surface area contributed by atoms with Crippen LogP contribution in [0.3, 0.4) is 0 Å². The van der Waals surface area contributed by atoms with Crippen LogP contribution in [0.15, 0.2) is 30.3 Å². The third-order valence-corrected chi connectivity index (χ3v) is 5.46. The van der Waals surface area contributed by atoms with Crippen molar-refractivity contribution in [2.24, 2.45) is 5.92 Å². The molecule has 0 amide bonds. The second-order valence-electron chi connectivity index (χ2n) is 5.94. The molecule has 4 nitrogen and oxygen atoms in total. The number of halogens is 4. The number of alkyl halides is 4. The fourth-order valence-electron chi connectivity index (χ4n) is 2.61. The van der Waals surface area contributed by atoms with Crippen LogP contribution in [0.25, 0.3) is 0 Å². The summed E-state index contributed by atoms with van der Waals surface area (Å²) in [4.78, 5) is 23.4. The topological polar surface area (TPSA) is 52.6 Å². The molecule has 1 aromatic carbocycles. The van der Waals surface area contributed by atoms with Gasteiger partial charge in [-0.2, -0.15) is 13.2 Å². The zero-order chi connectivity index (χ0) is 18.6. The van der Waals surface area contributed by atoms with Gasteiger partial charge in [-0.05, 0) is 25.3 Å². The van der Waals surface area contributed by atoms with E-state index >= 15 is 0 Å². The predicted molar refractivity (Wildman–Crippen MR) is 92.2 cm³/mol. The minimum absolute atomic E-state index is 0.127. The molecule has 138 valence electrons. The van der Waals surface area contributed by atoms with Crippen LogP contribution in [0.1, 0.15) is 25.3 Å². The number of ketones is 1. The Morgan fingerprint density at radius 2 is 1.84 bits per heavy atom. The molecular formula is C17H18F3IO4. The summed E-state index contributed by atoms with van der Waals surface area (Å²) in [7, 11) is 0. The third-order valence-electron chi connectivity index (χ3n) is 4.09. The number of carbonyl (C=O) groups excluding carboxylic acids is 2. The van der Waals surface area contributed by atoms with E-state index in [1.165, 1.54) is 22.6 Å². The van der Waals surface area contributed by atoms with Crippen LogP contribution >= 0.6 is 22.6 Å². The fraction of sp³-hybridized carbons (Fsp3) is 0.529. The average molecular weight is 470 g/mol. The average Bonchev–Trinajstić information content (AvgIpc) is 3.07. The number of hydrogen-bond donors (Lipinski definition) is 0. The van der Waals surface area contributed by atoms with Crippen LogP contribution in [0, 0.1) is 5.92 Å². The van der Waals surface area contributed by atoms with Crippen LogP contribution in [0.4, 0.5) is 13.2 Å². The molecule has 25 heavy (non-hydrogen) atoms. The Hall–Kier alpha value is -1.16. The van der Waals surface area contributed by atoms with Gasteiger partial charge in [0.15, 0.2) is 0 Å².